The van der Waals surface area contributed by atoms with Gasteiger partial charge in [0.15, 0.2) is 5.96 Å². The highest BCUT2D eigenvalue weighted by Crippen LogP contribution is 2.25. The summed E-state index contributed by atoms with van der Waals surface area (Å²) in [6.07, 6.45) is 11.0. The first kappa shape index (κ1) is 24.4. The fourth-order valence-electron chi connectivity index (χ4n) is 4.15. The molecule has 164 valence electrons. The molecule has 3 atom stereocenters. The van der Waals surface area contributed by atoms with E-state index in [4.69, 9.17) is 4.74 Å². The van der Waals surface area contributed by atoms with Gasteiger partial charge >= 0.3 is 0 Å². The van der Waals surface area contributed by atoms with Crippen LogP contribution in [0.15, 0.2) is 23.3 Å². The number of rotatable bonds is 7. The predicted octanol–water partition coefficient (Wildman–Crippen LogP) is 3.77. The molecule has 0 amide bonds. The third kappa shape index (κ3) is 7.38. The number of ether oxygens (including phenoxy) is 1. The lowest BCUT2D eigenvalue weighted by atomic mass is 9.95. The molecule has 3 unspecified atom stereocenters. The van der Waals surface area contributed by atoms with Crippen LogP contribution in [0.3, 0.4) is 0 Å². The molecule has 6 nitrogen and oxygen atoms in total. The van der Waals surface area contributed by atoms with Crippen molar-refractivity contribution >= 4 is 40.7 Å². The standard InChI is InChI=1S/C21H34N4O2S.HI/c1-3-28(26)19-12-6-9-17(14-19)25-21(22-2)24-15-16-8-7-13-23-20(16)27-18-10-4-5-11-18;/h7-8,13,17-19H,3-6,9-12,14-15H2,1-2H3,(H2,22,24,25);1H. The fraction of sp³-hybridized carbons (Fsp3) is 0.714. The van der Waals surface area contributed by atoms with Crippen LogP contribution in [-0.4, -0.2) is 45.3 Å². The first-order valence-corrected chi connectivity index (χ1v) is 12.0. The highest BCUT2D eigenvalue weighted by Gasteiger charge is 2.26. The van der Waals surface area contributed by atoms with Gasteiger partial charge in [0.05, 0.1) is 0 Å². The van der Waals surface area contributed by atoms with E-state index in [1.54, 1.807) is 13.2 Å². The summed E-state index contributed by atoms with van der Waals surface area (Å²) >= 11 is 0. The molecule has 1 heterocycles. The smallest absolute Gasteiger partial charge is 0.218 e. The molecule has 2 fully saturated rings. The number of hydrogen-bond acceptors (Lipinski definition) is 4. The monoisotopic (exact) mass is 534 g/mol. The Hall–Kier alpha value is -0.900. The van der Waals surface area contributed by atoms with Crippen molar-refractivity contribution in [1.82, 2.24) is 15.6 Å². The van der Waals surface area contributed by atoms with Crippen molar-refractivity contribution in [2.24, 2.45) is 4.99 Å². The normalized spacial score (nSPS) is 23.9. The van der Waals surface area contributed by atoms with Crippen LogP contribution in [0.4, 0.5) is 0 Å². The molecule has 2 aliphatic carbocycles. The molecule has 2 aliphatic rings. The van der Waals surface area contributed by atoms with E-state index in [-0.39, 0.29) is 24.0 Å². The summed E-state index contributed by atoms with van der Waals surface area (Å²) in [6.45, 7) is 2.62. The maximum absolute atomic E-state index is 12.2. The Kier molecular flexibility index (Phi) is 10.7. The molecule has 0 aliphatic heterocycles. The minimum atomic E-state index is -0.715. The van der Waals surface area contributed by atoms with E-state index in [0.717, 1.165) is 61.7 Å². The van der Waals surface area contributed by atoms with Gasteiger partial charge in [0.2, 0.25) is 5.88 Å². The number of aromatic nitrogens is 1. The zero-order valence-electron chi connectivity index (χ0n) is 17.6. The fourth-order valence-corrected chi connectivity index (χ4v) is 5.49. The Morgan fingerprint density at radius 1 is 1.28 bits per heavy atom. The van der Waals surface area contributed by atoms with Crippen LogP contribution in [-0.2, 0) is 17.3 Å². The minimum absolute atomic E-state index is 0. The average Bonchev–Trinajstić information content (AvgIpc) is 3.24. The molecule has 2 N–H and O–H groups in total. The molecule has 29 heavy (non-hydrogen) atoms. The van der Waals surface area contributed by atoms with Crippen LogP contribution >= 0.6 is 24.0 Å². The van der Waals surface area contributed by atoms with E-state index in [1.807, 2.05) is 13.0 Å². The van der Waals surface area contributed by atoms with Crippen molar-refractivity contribution in [3.05, 3.63) is 23.9 Å². The van der Waals surface area contributed by atoms with Gasteiger partial charge in [-0.15, -0.1) is 24.0 Å². The summed E-state index contributed by atoms with van der Waals surface area (Å²) < 4.78 is 18.3. The number of hydrogen-bond donors (Lipinski definition) is 2. The lowest BCUT2D eigenvalue weighted by Gasteiger charge is -2.30. The van der Waals surface area contributed by atoms with E-state index in [1.165, 1.54) is 12.8 Å². The molecule has 0 radical (unpaired) electrons. The quantitative estimate of drug-likeness (QED) is 0.317. The van der Waals surface area contributed by atoms with E-state index in [0.29, 0.717) is 23.9 Å². The van der Waals surface area contributed by atoms with Crippen LogP contribution in [0.2, 0.25) is 0 Å². The van der Waals surface area contributed by atoms with Crippen LogP contribution in [0.25, 0.3) is 0 Å². The highest BCUT2D eigenvalue weighted by atomic mass is 127. The molecule has 0 saturated heterocycles. The summed E-state index contributed by atoms with van der Waals surface area (Å²) in [5.41, 5.74) is 1.05. The number of guanidine groups is 1. The second kappa shape index (κ2) is 12.7. The van der Waals surface area contributed by atoms with Crippen LogP contribution in [0.1, 0.15) is 63.9 Å². The molecular formula is C21H35IN4O2S. The number of halogens is 1. The van der Waals surface area contributed by atoms with Crippen LogP contribution < -0.4 is 15.4 Å². The van der Waals surface area contributed by atoms with Gasteiger partial charge in [-0.3, -0.25) is 9.20 Å². The van der Waals surface area contributed by atoms with Gasteiger partial charge in [-0.2, -0.15) is 0 Å². The Balaban J connectivity index is 0.00000300. The maximum Gasteiger partial charge on any atom is 0.218 e. The van der Waals surface area contributed by atoms with E-state index in [9.17, 15) is 4.21 Å². The highest BCUT2D eigenvalue weighted by molar-refractivity contribution is 14.0. The van der Waals surface area contributed by atoms with Gasteiger partial charge in [0.1, 0.15) is 6.10 Å². The van der Waals surface area contributed by atoms with Gasteiger partial charge < -0.3 is 15.4 Å². The lowest BCUT2D eigenvalue weighted by molar-refractivity contribution is 0.199. The minimum Gasteiger partial charge on any atom is -0.474 e. The number of nitrogens with zero attached hydrogens (tertiary/aromatic N) is 2. The molecule has 8 heteroatoms. The molecule has 0 spiro atoms. The van der Waals surface area contributed by atoms with Crippen LogP contribution in [0.5, 0.6) is 5.88 Å². The Morgan fingerprint density at radius 2 is 2.07 bits per heavy atom. The molecular weight excluding hydrogens is 499 g/mol. The molecule has 0 aromatic carbocycles. The zero-order valence-corrected chi connectivity index (χ0v) is 20.7. The van der Waals surface area contributed by atoms with Gasteiger partial charge in [0.25, 0.3) is 0 Å². The zero-order chi connectivity index (χ0) is 19.8. The van der Waals surface area contributed by atoms with E-state index in [2.05, 4.69) is 26.7 Å². The van der Waals surface area contributed by atoms with E-state index < -0.39 is 10.8 Å². The molecule has 0 bridgehead atoms. The first-order valence-electron chi connectivity index (χ1n) is 10.6. The third-order valence-corrected chi connectivity index (χ3v) is 7.46. The summed E-state index contributed by atoms with van der Waals surface area (Å²) in [4.78, 5) is 8.82. The van der Waals surface area contributed by atoms with Crippen molar-refractivity contribution in [1.29, 1.82) is 0 Å². The van der Waals surface area contributed by atoms with Gasteiger partial charge in [-0.1, -0.05) is 19.4 Å². The second-order valence-electron chi connectivity index (χ2n) is 7.72. The number of aliphatic imine (C=N–C) groups is 1. The first-order chi connectivity index (χ1) is 13.7. The van der Waals surface area contributed by atoms with Gasteiger partial charge in [-0.25, -0.2) is 4.98 Å². The Bertz CT molecular complexity index is 682. The largest absolute Gasteiger partial charge is 0.474 e. The van der Waals surface area contributed by atoms with Gasteiger partial charge in [0, 0.05) is 53.2 Å². The molecule has 1 aromatic rings. The molecule has 2 saturated carbocycles. The molecule has 1 aromatic heterocycles. The van der Waals surface area contributed by atoms with Crippen molar-refractivity contribution in [2.75, 3.05) is 12.8 Å². The van der Waals surface area contributed by atoms with Crippen LogP contribution in [0, 0.1) is 0 Å². The van der Waals surface area contributed by atoms with Gasteiger partial charge in [-0.05, 0) is 51.0 Å². The Morgan fingerprint density at radius 3 is 2.79 bits per heavy atom. The summed E-state index contributed by atoms with van der Waals surface area (Å²) in [5.74, 6) is 2.26. The van der Waals surface area contributed by atoms with Crippen molar-refractivity contribution < 1.29 is 8.95 Å². The summed E-state index contributed by atoms with van der Waals surface area (Å²) in [5, 5.41) is 7.22. The predicted molar refractivity (Wildman–Crippen MR) is 131 cm³/mol. The SMILES string of the molecule is CCS(=O)C1CCCC(NC(=NC)NCc2cccnc2OC2CCCC2)C1.I. The topological polar surface area (TPSA) is 75.6 Å². The Labute approximate surface area is 194 Å². The number of pyridine rings is 1. The van der Waals surface area contributed by atoms with Crippen molar-refractivity contribution in [3.63, 3.8) is 0 Å². The average molecular weight is 535 g/mol. The lowest BCUT2D eigenvalue weighted by Crippen LogP contribution is -2.46. The van der Waals surface area contributed by atoms with Crippen molar-refractivity contribution in [2.45, 2.75) is 82.2 Å². The van der Waals surface area contributed by atoms with Crippen molar-refractivity contribution in [3.8, 4) is 5.88 Å². The number of nitrogens with one attached hydrogen (secondary N) is 2. The maximum atomic E-state index is 12.2. The molecule has 3 rings (SSSR count). The second-order valence-corrected chi connectivity index (χ2v) is 9.72. The van der Waals surface area contributed by atoms with E-state index >= 15 is 0 Å². The summed E-state index contributed by atoms with van der Waals surface area (Å²) in [7, 11) is 1.08. The summed E-state index contributed by atoms with van der Waals surface area (Å²) in [6, 6.07) is 4.32. The third-order valence-electron chi connectivity index (χ3n) is 5.72.